The lowest BCUT2D eigenvalue weighted by atomic mass is 9.90. The van der Waals surface area contributed by atoms with Crippen molar-refractivity contribution in [3.63, 3.8) is 0 Å². The van der Waals surface area contributed by atoms with Gasteiger partial charge in [-0.3, -0.25) is 4.79 Å². The summed E-state index contributed by atoms with van der Waals surface area (Å²) in [4.78, 5) is 11.5. The Morgan fingerprint density at radius 3 is 2.39 bits per heavy atom. The molecule has 0 aromatic carbocycles. The van der Waals surface area contributed by atoms with E-state index in [4.69, 9.17) is 4.74 Å². The van der Waals surface area contributed by atoms with Gasteiger partial charge in [-0.05, 0) is 25.2 Å². The summed E-state index contributed by atoms with van der Waals surface area (Å²) >= 11 is 0. The molecule has 0 spiro atoms. The van der Waals surface area contributed by atoms with Gasteiger partial charge < -0.3 is 4.74 Å². The summed E-state index contributed by atoms with van der Waals surface area (Å²) in [6, 6.07) is 0. The SMILES string of the molecule is [CH2]CCCCCCCC(=O)OCC1CCCCC1. The molecule has 0 atom stereocenters. The molecule has 1 saturated carbocycles. The highest BCUT2D eigenvalue weighted by Gasteiger charge is 2.15. The number of carbonyl (C=O) groups excluding carboxylic acids is 1. The highest BCUT2D eigenvalue weighted by atomic mass is 16.5. The van der Waals surface area contributed by atoms with Crippen LogP contribution in [0.5, 0.6) is 0 Å². The van der Waals surface area contributed by atoms with Gasteiger partial charge in [0.15, 0.2) is 0 Å². The molecule has 1 aliphatic carbocycles. The molecule has 0 N–H and O–H groups in total. The van der Waals surface area contributed by atoms with Crippen LogP contribution in [0.15, 0.2) is 0 Å². The summed E-state index contributed by atoms with van der Waals surface area (Å²) in [5.41, 5.74) is 0. The standard InChI is InChI=1S/C16H29O2/c1-2-3-4-5-6-10-13-16(17)18-14-15-11-8-7-9-12-15/h15H,1-14H2. The predicted octanol–water partition coefficient (Wildman–Crippen LogP) is 4.67. The smallest absolute Gasteiger partial charge is 0.305 e. The summed E-state index contributed by atoms with van der Waals surface area (Å²) in [6.45, 7) is 4.49. The van der Waals surface area contributed by atoms with Crippen LogP contribution in [-0.2, 0) is 9.53 Å². The Hall–Kier alpha value is -0.530. The third-order valence-electron chi connectivity index (χ3n) is 3.84. The molecule has 0 aromatic heterocycles. The summed E-state index contributed by atoms with van der Waals surface area (Å²) in [5, 5.41) is 0. The second-order valence-electron chi connectivity index (χ2n) is 5.56. The minimum Gasteiger partial charge on any atom is -0.465 e. The molecular weight excluding hydrogens is 224 g/mol. The van der Waals surface area contributed by atoms with E-state index in [1.165, 1.54) is 51.4 Å². The molecule has 0 saturated heterocycles. The van der Waals surface area contributed by atoms with Crippen molar-refractivity contribution in [2.24, 2.45) is 5.92 Å². The molecule has 0 unspecified atom stereocenters. The first-order valence-corrected chi connectivity index (χ1v) is 7.78. The molecule has 1 fully saturated rings. The molecule has 105 valence electrons. The van der Waals surface area contributed by atoms with E-state index in [-0.39, 0.29) is 5.97 Å². The second-order valence-corrected chi connectivity index (χ2v) is 5.56. The van der Waals surface area contributed by atoms with Crippen molar-refractivity contribution < 1.29 is 9.53 Å². The normalized spacial score (nSPS) is 16.7. The van der Waals surface area contributed by atoms with Crippen LogP contribution in [0.25, 0.3) is 0 Å². The zero-order valence-corrected chi connectivity index (χ0v) is 11.8. The number of hydrogen-bond donors (Lipinski definition) is 0. The van der Waals surface area contributed by atoms with Crippen LogP contribution in [0.1, 0.15) is 77.0 Å². The van der Waals surface area contributed by atoms with E-state index in [2.05, 4.69) is 6.92 Å². The van der Waals surface area contributed by atoms with Gasteiger partial charge in [-0.25, -0.2) is 0 Å². The highest BCUT2D eigenvalue weighted by molar-refractivity contribution is 5.69. The molecular formula is C16H29O2. The highest BCUT2D eigenvalue weighted by Crippen LogP contribution is 2.23. The van der Waals surface area contributed by atoms with E-state index in [0.29, 0.717) is 18.9 Å². The van der Waals surface area contributed by atoms with Gasteiger partial charge in [0, 0.05) is 6.42 Å². The van der Waals surface area contributed by atoms with Crippen molar-refractivity contribution in [3.05, 3.63) is 6.92 Å². The Morgan fingerprint density at radius 1 is 1.00 bits per heavy atom. The summed E-state index contributed by atoms with van der Waals surface area (Å²) in [7, 11) is 0. The first-order valence-electron chi connectivity index (χ1n) is 7.78. The van der Waals surface area contributed by atoms with Crippen molar-refractivity contribution in [2.45, 2.75) is 77.0 Å². The van der Waals surface area contributed by atoms with Gasteiger partial charge in [0.25, 0.3) is 0 Å². The van der Waals surface area contributed by atoms with Gasteiger partial charge in [0.1, 0.15) is 0 Å². The Bertz CT molecular complexity index is 207. The lowest BCUT2D eigenvalue weighted by molar-refractivity contribution is -0.145. The van der Waals surface area contributed by atoms with E-state index < -0.39 is 0 Å². The molecule has 0 amide bonds. The van der Waals surface area contributed by atoms with Gasteiger partial charge >= 0.3 is 5.97 Å². The van der Waals surface area contributed by atoms with Crippen molar-refractivity contribution in [1.82, 2.24) is 0 Å². The maximum atomic E-state index is 11.5. The van der Waals surface area contributed by atoms with Crippen LogP contribution in [0, 0.1) is 12.8 Å². The molecule has 1 radical (unpaired) electrons. The first-order chi connectivity index (χ1) is 8.83. The minimum atomic E-state index is 0.0118. The molecule has 1 rings (SSSR count). The second kappa shape index (κ2) is 10.4. The topological polar surface area (TPSA) is 26.3 Å². The third-order valence-corrected chi connectivity index (χ3v) is 3.84. The van der Waals surface area contributed by atoms with Crippen LogP contribution in [-0.4, -0.2) is 12.6 Å². The van der Waals surface area contributed by atoms with Crippen molar-refractivity contribution in [3.8, 4) is 0 Å². The van der Waals surface area contributed by atoms with Crippen LogP contribution >= 0.6 is 0 Å². The maximum absolute atomic E-state index is 11.5. The number of rotatable bonds is 9. The number of esters is 1. The van der Waals surface area contributed by atoms with Gasteiger partial charge in [-0.2, -0.15) is 0 Å². The van der Waals surface area contributed by atoms with Crippen LogP contribution in [0.4, 0.5) is 0 Å². The molecule has 0 bridgehead atoms. The molecule has 18 heavy (non-hydrogen) atoms. The molecule has 2 heteroatoms. The largest absolute Gasteiger partial charge is 0.465 e. The molecule has 0 heterocycles. The predicted molar refractivity (Wildman–Crippen MR) is 75.2 cm³/mol. The summed E-state index contributed by atoms with van der Waals surface area (Å²) in [6.07, 6.45) is 14.0. The summed E-state index contributed by atoms with van der Waals surface area (Å²) in [5.74, 6) is 0.650. The fraction of sp³-hybridized carbons (Fsp3) is 0.875. The lowest BCUT2D eigenvalue weighted by Crippen LogP contribution is -2.16. The maximum Gasteiger partial charge on any atom is 0.305 e. The average molecular weight is 253 g/mol. The van der Waals surface area contributed by atoms with Crippen LogP contribution < -0.4 is 0 Å². The van der Waals surface area contributed by atoms with E-state index in [1.54, 1.807) is 0 Å². The Morgan fingerprint density at radius 2 is 1.67 bits per heavy atom. The Labute approximate surface area is 112 Å². The molecule has 2 nitrogen and oxygen atoms in total. The van der Waals surface area contributed by atoms with Gasteiger partial charge in [-0.15, -0.1) is 0 Å². The molecule has 0 aliphatic heterocycles. The van der Waals surface area contributed by atoms with Crippen molar-refractivity contribution >= 4 is 5.97 Å². The van der Waals surface area contributed by atoms with E-state index in [0.717, 1.165) is 19.3 Å². The minimum absolute atomic E-state index is 0.0118. The Kier molecular flexibility index (Phi) is 8.97. The Balaban J connectivity index is 1.90. The fourth-order valence-electron chi connectivity index (χ4n) is 2.61. The summed E-state index contributed by atoms with van der Waals surface area (Å²) < 4.78 is 5.36. The monoisotopic (exact) mass is 253 g/mol. The van der Waals surface area contributed by atoms with Gasteiger partial charge in [0.05, 0.1) is 6.61 Å². The number of unbranched alkanes of at least 4 members (excludes halogenated alkanes) is 5. The number of ether oxygens (including phenoxy) is 1. The van der Waals surface area contributed by atoms with Gasteiger partial charge in [-0.1, -0.05) is 58.3 Å². The third kappa shape index (κ3) is 7.73. The first kappa shape index (κ1) is 15.5. The quantitative estimate of drug-likeness (QED) is 0.441. The van der Waals surface area contributed by atoms with Crippen molar-refractivity contribution in [2.75, 3.05) is 6.61 Å². The number of hydrogen-bond acceptors (Lipinski definition) is 2. The lowest BCUT2D eigenvalue weighted by Gasteiger charge is -2.20. The zero-order valence-electron chi connectivity index (χ0n) is 11.8. The number of carbonyl (C=O) groups is 1. The van der Waals surface area contributed by atoms with Gasteiger partial charge in [0.2, 0.25) is 0 Å². The van der Waals surface area contributed by atoms with Crippen LogP contribution in [0.2, 0.25) is 0 Å². The molecule has 0 aromatic rings. The average Bonchev–Trinajstić information content (AvgIpc) is 2.41. The molecule has 1 aliphatic rings. The van der Waals surface area contributed by atoms with E-state index in [9.17, 15) is 4.79 Å². The van der Waals surface area contributed by atoms with E-state index in [1.807, 2.05) is 0 Å². The zero-order chi connectivity index (χ0) is 13.1. The van der Waals surface area contributed by atoms with Crippen molar-refractivity contribution in [1.29, 1.82) is 0 Å². The fourth-order valence-corrected chi connectivity index (χ4v) is 2.61. The van der Waals surface area contributed by atoms with Crippen LogP contribution in [0.3, 0.4) is 0 Å². The van der Waals surface area contributed by atoms with E-state index >= 15 is 0 Å².